The van der Waals surface area contributed by atoms with Crippen molar-refractivity contribution >= 4 is 6.16 Å². The topological polar surface area (TPSA) is 121 Å². The van der Waals surface area contributed by atoms with Gasteiger partial charge in [0.05, 0.1) is 0 Å². The minimum absolute atomic E-state index is 0. The molecule has 0 unspecified atom stereocenters. The maximum Gasteiger partial charge on any atom is 0.503 e. The molecular weight excluding hydrogens is 219 g/mol. The molecular formula is CH6Cu2O5. The summed E-state index contributed by atoms with van der Waals surface area (Å²) >= 11 is 0. The van der Waals surface area contributed by atoms with Gasteiger partial charge in [0.25, 0.3) is 0 Å². The molecule has 0 rings (SSSR count). The molecule has 0 aliphatic rings. The molecule has 0 aromatic heterocycles. The molecule has 2 radical (unpaired) electrons. The second-order valence-electron chi connectivity index (χ2n) is 0.283. The first kappa shape index (κ1) is 41.2. The standard InChI is InChI=1S/CH2O3.2Cu.2H2O/c2-1(3)4;;;;/h(H2,2,3,4);;;2*1H2. The van der Waals surface area contributed by atoms with Gasteiger partial charge in [-0.2, -0.15) is 0 Å². The Labute approximate surface area is 66.6 Å². The van der Waals surface area contributed by atoms with Crippen molar-refractivity contribution in [3.63, 3.8) is 0 Å². The molecule has 0 aliphatic heterocycles. The molecule has 0 saturated heterocycles. The van der Waals surface area contributed by atoms with Gasteiger partial charge in [-0.1, -0.05) is 0 Å². The molecule has 0 spiro atoms. The van der Waals surface area contributed by atoms with Crippen LogP contribution in [0.5, 0.6) is 0 Å². The number of carbonyl (C=O) groups is 1. The summed E-state index contributed by atoms with van der Waals surface area (Å²) in [5, 5.41) is 13.9. The summed E-state index contributed by atoms with van der Waals surface area (Å²) < 4.78 is 0. The summed E-state index contributed by atoms with van der Waals surface area (Å²) in [6, 6.07) is 0. The largest absolute Gasteiger partial charge is 0.503 e. The van der Waals surface area contributed by atoms with Crippen LogP contribution in [-0.2, 0) is 34.1 Å². The Morgan fingerprint density at radius 2 is 1.00 bits per heavy atom. The van der Waals surface area contributed by atoms with Crippen molar-refractivity contribution in [2.24, 2.45) is 0 Å². The van der Waals surface area contributed by atoms with E-state index in [9.17, 15) is 0 Å². The predicted octanol–water partition coefficient (Wildman–Crippen LogP) is -1.43. The fourth-order valence-corrected chi connectivity index (χ4v) is 0. The molecule has 0 aliphatic carbocycles. The second-order valence-corrected chi connectivity index (χ2v) is 0.283. The average molecular weight is 225 g/mol. The van der Waals surface area contributed by atoms with Crippen molar-refractivity contribution in [1.82, 2.24) is 0 Å². The zero-order chi connectivity index (χ0) is 3.58. The molecule has 0 fully saturated rings. The van der Waals surface area contributed by atoms with Gasteiger partial charge >= 0.3 is 6.16 Å². The molecule has 5 nitrogen and oxygen atoms in total. The van der Waals surface area contributed by atoms with Crippen LogP contribution in [0.3, 0.4) is 0 Å². The van der Waals surface area contributed by atoms with E-state index in [0.717, 1.165) is 0 Å². The number of carboxylic acid groups (broad SMARTS) is 2. The molecule has 0 aromatic carbocycles. The maximum atomic E-state index is 8.56. The van der Waals surface area contributed by atoms with Gasteiger partial charge in [-0.3, -0.25) is 0 Å². The van der Waals surface area contributed by atoms with Crippen LogP contribution in [-0.4, -0.2) is 27.3 Å². The number of hydrogen-bond acceptors (Lipinski definition) is 1. The fraction of sp³-hybridized carbons (Fsp3) is 0. The predicted molar refractivity (Wildman–Crippen MR) is 17.9 cm³/mol. The smallest absolute Gasteiger partial charge is 0.450 e. The summed E-state index contributed by atoms with van der Waals surface area (Å²) in [4.78, 5) is 8.56. The van der Waals surface area contributed by atoms with Gasteiger partial charge in [0.1, 0.15) is 0 Å². The van der Waals surface area contributed by atoms with E-state index in [-0.39, 0.29) is 45.1 Å². The zero-order valence-electron chi connectivity index (χ0n) is 3.41. The van der Waals surface area contributed by atoms with Crippen LogP contribution in [0.4, 0.5) is 4.79 Å². The van der Waals surface area contributed by atoms with Gasteiger partial charge in [0, 0.05) is 34.1 Å². The van der Waals surface area contributed by atoms with E-state index in [1.165, 1.54) is 0 Å². The van der Waals surface area contributed by atoms with Gasteiger partial charge in [-0.25, -0.2) is 4.79 Å². The molecule has 8 heavy (non-hydrogen) atoms. The minimum Gasteiger partial charge on any atom is -0.450 e. The first-order valence-corrected chi connectivity index (χ1v) is 0.651. The van der Waals surface area contributed by atoms with Crippen LogP contribution in [0, 0.1) is 0 Å². The van der Waals surface area contributed by atoms with Crippen molar-refractivity contribution in [3.8, 4) is 0 Å². The third kappa shape index (κ3) is 3250. The van der Waals surface area contributed by atoms with E-state index < -0.39 is 6.16 Å². The quantitative estimate of drug-likeness (QED) is 0.491. The van der Waals surface area contributed by atoms with E-state index in [1.807, 2.05) is 0 Å². The Bertz CT molecular complexity index is 33.4. The van der Waals surface area contributed by atoms with Crippen LogP contribution in [0.25, 0.3) is 0 Å². The number of rotatable bonds is 0. The summed E-state index contributed by atoms with van der Waals surface area (Å²) in [6.45, 7) is 0. The van der Waals surface area contributed by atoms with Gasteiger partial charge in [0.2, 0.25) is 0 Å². The Balaban J connectivity index is -0.00000000750. The van der Waals surface area contributed by atoms with Gasteiger partial charge < -0.3 is 21.2 Å². The number of hydrogen-bond donors (Lipinski definition) is 2. The van der Waals surface area contributed by atoms with Crippen molar-refractivity contribution < 1.29 is 60.1 Å². The molecule has 0 aromatic rings. The molecule has 0 amide bonds. The summed E-state index contributed by atoms with van der Waals surface area (Å²) in [5.41, 5.74) is 0. The third-order valence-electron chi connectivity index (χ3n) is 0. The molecule has 0 saturated carbocycles. The Morgan fingerprint density at radius 1 is 1.00 bits per heavy atom. The minimum atomic E-state index is -1.83. The molecule has 62 valence electrons. The Kier molecular flexibility index (Phi) is 139. The van der Waals surface area contributed by atoms with Crippen molar-refractivity contribution in [3.05, 3.63) is 0 Å². The average Bonchev–Trinajstić information content (AvgIpc) is 0.811. The summed E-state index contributed by atoms with van der Waals surface area (Å²) in [5.74, 6) is 0. The summed E-state index contributed by atoms with van der Waals surface area (Å²) in [6.07, 6.45) is -1.83. The maximum absolute atomic E-state index is 8.56. The monoisotopic (exact) mass is 224 g/mol. The zero-order valence-corrected chi connectivity index (χ0v) is 5.29. The van der Waals surface area contributed by atoms with E-state index in [0.29, 0.717) is 0 Å². The summed E-state index contributed by atoms with van der Waals surface area (Å²) in [7, 11) is 0. The molecule has 0 atom stereocenters. The van der Waals surface area contributed by atoms with Crippen LogP contribution < -0.4 is 0 Å². The van der Waals surface area contributed by atoms with Crippen LogP contribution in [0.2, 0.25) is 0 Å². The van der Waals surface area contributed by atoms with E-state index in [4.69, 9.17) is 15.0 Å². The first-order valence-electron chi connectivity index (χ1n) is 0.651. The molecule has 0 bridgehead atoms. The SMILES string of the molecule is O.O.O=C(O)O.[Cu].[Cu]. The fourth-order valence-electron chi connectivity index (χ4n) is 0. The molecule has 7 heteroatoms. The van der Waals surface area contributed by atoms with Crippen molar-refractivity contribution in [2.75, 3.05) is 0 Å². The van der Waals surface area contributed by atoms with Crippen molar-refractivity contribution in [2.45, 2.75) is 0 Å². The normalized spacial score (nSPS) is 3.00. The van der Waals surface area contributed by atoms with Crippen LogP contribution >= 0.6 is 0 Å². The van der Waals surface area contributed by atoms with E-state index >= 15 is 0 Å². The van der Waals surface area contributed by atoms with Gasteiger partial charge in [-0.15, -0.1) is 0 Å². The third-order valence-corrected chi connectivity index (χ3v) is 0. The van der Waals surface area contributed by atoms with Crippen LogP contribution in [0.15, 0.2) is 0 Å². The van der Waals surface area contributed by atoms with E-state index in [1.54, 1.807) is 0 Å². The Morgan fingerprint density at radius 3 is 1.00 bits per heavy atom. The molecule has 0 heterocycles. The van der Waals surface area contributed by atoms with E-state index in [2.05, 4.69) is 0 Å². The van der Waals surface area contributed by atoms with Crippen LogP contribution in [0.1, 0.15) is 0 Å². The van der Waals surface area contributed by atoms with Gasteiger partial charge in [0.15, 0.2) is 0 Å². The molecule has 6 N–H and O–H groups in total. The second kappa shape index (κ2) is 26.9. The first-order chi connectivity index (χ1) is 1.73. The van der Waals surface area contributed by atoms with Crippen molar-refractivity contribution in [1.29, 1.82) is 0 Å². The Hall–Kier alpha value is 0.229. The van der Waals surface area contributed by atoms with Gasteiger partial charge in [-0.05, 0) is 0 Å².